The Morgan fingerprint density at radius 3 is 2.53 bits per heavy atom. The van der Waals surface area contributed by atoms with Crippen molar-refractivity contribution < 1.29 is 22.8 Å². The maximum atomic E-state index is 12.0. The summed E-state index contributed by atoms with van der Waals surface area (Å²) < 4.78 is 36.0. The average Bonchev–Trinajstić information content (AvgIpc) is 2.09. The monoisotopic (exact) mass is 226 g/mol. The predicted molar refractivity (Wildman–Crippen MR) is 47.6 cm³/mol. The number of carbonyl (C=O) groups excluding carboxylic acids is 1. The first-order valence-electron chi connectivity index (χ1n) is 4.15. The number of hydroxylamine groups is 2. The van der Waals surface area contributed by atoms with Gasteiger partial charge in [0.1, 0.15) is 6.54 Å². The molecule has 0 rings (SSSR count). The van der Waals surface area contributed by atoms with Crippen LogP contribution in [0.15, 0.2) is 12.7 Å². The molecular formula is C8H13F3N2O2. The molecule has 0 spiro atoms. The highest BCUT2D eigenvalue weighted by molar-refractivity contribution is 5.80. The van der Waals surface area contributed by atoms with Gasteiger partial charge in [0.15, 0.2) is 0 Å². The van der Waals surface area contributed by atoms with Gasteiger partial charge in [-0.2, -0.15) is 13.2 Å². The van der Waals surface area contributed by atoms with Gasteiger partial charge in [0.2, 0.25) is 0 Å². The van der Waals surface area contributed by atoms with Crippen LogP contribution in [0.1, 0.15) is 6.92 Å². The lowest BCUT2D eigenvalue weighted by Crippen LogP contribution is -2.46. The van der Waals surface area contributed by atoms with Gasteiger partial charge >= 0.3 is 6.18 Å². The van der Waals surface area contributed by atoms with Gasteiger partial charge in [-0.15, -0.1) is 6.58 Å². The first kappa shape index (κ1) is 13.9. The summed E-state index contributed by atoms with van der Waals surface area (Å²) in [6, 6.07) is -1.04. The molecule has 0 aliphatic heterocycles. The van der Waals surface area contributed by atoms with Crippen molar-refractivity contribution in [1.82, 2.24) is 5.06 Å². The molecule has 0 fully saturated rings. The maximum Gasteiger partial charge on any atom is 0.408 e. The Balaban J connectivity index is 4.43. The molecule has 0 aliphatic rings. The zero-order valence-electron chi connectivity index (χ0n) is 8.25. The highest BCUT2D eigenvalue weighted by atomic mass is 19.4. The Bertz CT molecular complexity index is 228. The number of carbonyl (C=O) groups is 1. The molecule has 7 heteroatoms. The standard InChI is InChI=1S/C8H13F3N2O2/c1-3-4-15-13(5-8(9,10)11)7(14)6(2)12/h3,6H,1,4-5,12H2,2H3/t6-/m1/s1. The second-order valence-corrected chi connectivity index (χ2v) is 2.86. The number of amides is 1. The molecule has 0 radical (unpaired) electrons. The van der Waals surface area contributed by atoms with Crippen LogP contribution >= 0.6 is 0 Å². The largest absolute Gasteiger partial charge is 0.408 e. The second-order valence-electron chi connectivity index (χ2n) is 2.86. The van der Waals surface area contributed by atoms with Crippen molar-refractivity contribution in [2.75, 3.05) is 13.2 Å². The maximum absolute atomic E-state index is 12.0. The summed E-state index contributed by atoms with van der Waals surface area (Å²) in [4.78, 5) is 15.7. The van der Waals surface area contributed by atoms with Crippen molar-refractivity contribution in [2.45, 2.75) is 19.1 Å². The Kier molecular flexibility index (Phi) is 5.31. The Hall–Kier alpha value is -1.08. The minimum absolute atomic E-state index is 0.186. The topological polar surface area (TPSA) is 55.6 Å². The molecule has 0 aliphatic carbocycles. The Morgan fingerprint density at radius 1 is 1.67 bits per heavy atom. The molecule has 0 bridgehead atoms. The van der Waals surface area contributed by atoms with E-state index in [1.165, 1.54) is 13.0 Å². The molecule has 0 saturated carbocycles. The van der Waals surface area contributed by atoms with Gasteiger partial charge in [0, 0.05) is 0 Å². The first-order chi connectivity index (χ1) is 6.78. The summed E-state index contributed by atoms with van der Waals surface area (Å²) in [5.41, 5.74) is 5.16. The van der Waals surface area contributed by atoms with Crippen molar-refractivity contribution in [3.05, 3.63) is 12.7 Å². The molecule has 1 atom stereocenters. The quantitative estimate of drug-likeness (QED) is 0.558. The third-order valence-corrected chi connectivity index (χ3v) is 1.31. The van der Waals surface area contributed by atoms with Gasteiger partial charge < -0.3 is 5.73 Å². The highest BCUT2D eigenvalue weighted by Gasteiger charge is 2.34. The molecule has 88 valence electrons. The van der Waals surface area contributed by atoms with E-state index in [-0.39, 0.29) is 11.7 Å². The van der Waals surface area contributed by atoms with E-state index in [2.05, 4.69) is 11.4 Å². The average molecular weight is 226 g/mol. The number of nitrogens with two attached hydrogens (primary N) is 1. The van der Waals surface area contributed by atoms with Crippen LogP contribution in [0.3, 0.4) is 0 Å². The highest BCUT2D eigenvalue weighted by Crippen LogP contribution is 2.17. The van der Waals surface area contributed by atoms with Crippen LogP contribution in [0, 0.1) is 0 Å². The summed E-state index contributed by atoms with van der Waals surface area (Å²) in [5, 5.41) is 0.201. The molecular weight excluding hydrogens is 213 g/mol. The van der Waals surface area contributed by atoms with Crippen molar-refractivity contribution in [3.63, 3.8) is 0 Å². The zero-order chi connectivity index (χ0) is 12.1. The first-order valence-corrected chi connectivity index (χ1v) is 4.15. The minimum atomic E-state index is -4.52. The number of alkyl halides is 3. The van der Waals surface area contributed by atoms with Gasteiger partial charge in [0.05, 0.1) is 12.6 Å². The molecule has 0 aromatic rings. The van der Waals surface area contributed by atoms with Crippen LogP contribution in [0.2, 0.25) is 0 Å². The lowest BCUT2D eigenvalue weighted by atomic mass is 10.3. The molecule has 2 N–H and O–H groups in total. The molecule has 0 saturated heterocycles. The van der Waals surface area contributed by atoms with E-state index < -0.39 is 24.7 Å². The van der Waals surface area contributed by atoms with Gasteiger partial charge in [-0.3, -0.25) is 9.63 Å². The van der Waals surface area contributed by atoms with Crippen LogP contribution < -0.4 is 5.73 Å². The summed E-state index contributed by atoms with van der Waals surface area (Å²) in [5.74, 6) is -0.922. The zero-order valence-corrected chi connectivity index (χ0v) is 8.25. The van der Waals surface area contributed by atoms with Crippen molar-refractivity contribution in [3.8, 4) is 0 Å². The smallest absolute Gasteiger partial charge is 0.320 e. The van der Waals surface area contributed by atoms with E-state index in [0.717, 1.165) is 0 Å². The third-order valence-electron chi connectivity index (χ3n) is 1.31. The summed E-state index contributed by atoms with van der Waals surface area (Å²) in [6.07, 6.45) is -3.29. The van der Waals surface area contributed by atoms with E-state index in [1.54, 1.807) is 0 Å². The van der Waals surface area contributed by atoms with Gasteiger partial charge in [-0.25, -0.2) is 5.06 Å². The number of hydrogen-bond donors (Lipinski definition) is 1. The molecule has 4 nitrogen and oxygen atoms in total. The number of rotatable bonds is 5. The van der Waals surface area contributed by atoms with Crippen LogP contribution in [0.4, 0.5) is 13.2 Å². The van der Waals surface area contributed by atoms with E-state index >= 15 is 0 Å². The summed E-state index contributed by atoms with van der Waals surface area (Å²) in [6.45, 7) is 2.87. The minimum Gasteiger partial charge on any atom is -0.320 e. The van der Waals surface area contributed by atoms with E-state index in [1.807, 2.05) is 0 Å². The second kappa shape index (κ2) is 5.72. The van der Waals surface area contributed by atoms with Crippen LogP contribution in [0.25, 0.3) is 0 Å². The normalized spacial score (nSPS) is 13.4. The molecule has 0 aromatic carbocycles. The summed E-state index contributed by atoms with van der Waals surface area (Å²) >= 11 is 0. The van der Waals surface area contributed by atoms with Crippen molar-refractivity contribution in [1.29, 1.82) is 0 Å². The lowest BCUT2D eigenvalue weighted by Gasteiger charge is -2.23. The number of nitrogens with zero attached hydrogens (tertiary/aromatic N) is 1. The van der Waals surface area contributed by atoms with Crippen LogP contribution in [-0.4, -0.2) is 36.3 Å². The van der Waals surface area contributed by atoms with Gasteiger partial charge in [-0.1, -0.05) is 6.08 Å². The molecule has 0 aromatic heterocycles. The van der Waals surface area contributed by atoms with Gasteiger partial charge in [-0.05, 0) is 6.92 Å². The fraction of sp³-hybridized carbons (Fsp3) is 0.625. The fourth-order valence-corrected chi connectivity index (χ4v) is 0.720. The molecule has 1 amide bonds. The molecule has 0 unspecified atom stereocenters. The van der Waals surface area contributed by atoms with Crippen molar-refractivity contribution >= 4 is 5.91 Å². The van der Waals surface area contributed by atoms with E-state index in [4.69, 9.17) is 5.73 Å². The number of hydrogen-bond acceptors (Lipinski definition) is 3. The van der Waals surface area contributed by atoms with E-state index in [0.29, 0.717) is 0 Å². The molecule has 0 heterocycles. The fourth-order valence-electron chi connectivity index (χ4n) is 0.720. The van der Waals surface area contributed by atoms with Crippen molar-refractivity contribution in [2.24, 2.45) is 5.73 Å². The Morgan fingerprint density at radius 2 is 2.20 bits per heavy atom. The Labute approximate surface area is 85.4 Å². The SMILES string of the molecule is C=CCON(CC(F)(F)F)C(=O)[C@@H](C)N. The number of halogens is 3. The lowest BCUT2D eigenvalue weighted by molar-refractivity contribution is -0.229. The predicted octanol–water partition coefficient (Wildman–Crippen LogP) is 0.842. The summed E-state index contributed by atoms with van der Waals surface area (Å²) in [7, 11) is 0. The van der Waals surface area contributed by atoms with Crippen LogP contribution in [-0.2, 0) is 9.63 Å². The molecule has 15 heavy (non-hydrogen) atoms. The van der Waals surface area contributed by atoms with Crippen LogP contribution in [0.5, 0.6) is 0 Å². The van der Waals surface area contributed by atoms with Gasteiger partial charge in [0.25, 0.3) is 5.91 Å². The third kappa shape index (κ3) is 6.08. The van der Waals surface area contributed by atoms with E-state index in [9.17, 15) is 18.0 Å².